The normalized spacial score (nSPS) is 25.1. The third-order valence-electron chi connectivity index (χ3n) is 4.66. The van der Waals surface area contributed by atoms with Crippen LogP contribution in [0.3, 0.4) is 0 Å². The summed E-state index contributed by atoms with van der Waals surface area (Å²) in [4.78, 5) is 24.6. The summed E-state index contributed by atoms with van der Waals surface area (Å²) in [5, 5.41) is 0. The highest BCUT2D eigenvalue weighted by atomic mass is 19.1. The summed E-state index contributed by atoms with van der Waals surface area (Å²) in [6, 6.07) is 1.77. The molecule has 1 atom stereocenters. The van der Waals surface area contributed by atoms with E-state index in [1.165, 1.54) is 0 Å². The summed E-state index contributed by atoms with van der Waals surface area (Å²) in [5.41, 5.74) is 1.44. The van der Waals surface area contributed by atoms with Crippen LogP contribution in [0.1, 0.15) is 35.6 Å². The van der Waals surface area contributed by atoms with Crippen molar-refractivity contribution in [3.8, 4) is 0 Å². The third-order valence-corrected chi connectivity index (χ3v) is 4.66. The van der Waals surface area contributed by atoms with Crippen molar-refractivity contribution in [2.75, 3.05) is 19.9 Å². The Hall–Kier alpha value is -1.73. The predicted molar refractivity (Wildman–Crippen MR) is 72.0 cm³/mol. The largest absolute Gasteiger partial charge is 0.460 e. The molecule has 6 nitrogen and oxygen atoms in total. The van der Waals surface area contributed by atoms with Gasteiger partial charge >= 0.3 is 5.97 Å². The second-order valence-electron chi connectivity index (χ2n) is 5.76. The minimum Gasteiger partial charge on any atom is -0.460 e. The number of aromatic nitrogens is 1. The first-order valence-electron chi connectivity index (χ1n) is 7.44. The van der Waals surface area contributed by atoms with Crippen molar-refractivity contribution in [3.63, 3.8) is 0 Å². The Kier molecular flexibility index (Phi) is 3.09. The highest BCUT2D eigenvalue weighted by Gasteiger charge is 2.47. The number of hydrogen-bond donors (Lipinski definition) is 0. The van der Waals surface area contributed by atoms with Gasteiger partial charge in [-0.2, -0.15) is 0 Å². The van der Waals surface area contributed by atoms with Gasteiger partial charge in [-0.15, -0.1) is 0 Å². The van der Waals surface area contributed by atoms with Gasteiger partial charge in [-0.25, -0.2) is 0 Å². The van der Waals surface area contributed by atoms with Crippen LogP contribution in [0, 0.1) is 0 Å². The van der Waals surface area contributed by atoms with E-state index in [9.17, 15) is 14.0 Å². The van der Waals surface area contributed by atoms with Crippen molar-refractivity contribution in [3.05, 3.63) is 33.2 Å². The second-order valence-corrected chi connectivity index (χ2v) is 5.76. The van der Waals surface area contributed by atoms with E-state index < -0.39 is 24.3 Å². The standard InChI is InChI=1S/C15H16FNO5/c16-3-1-9-10-7-12-15(21-5-6-22-15)2-4-17(12)13(18)11(10)8-20-14(9)19/h7,9H,1-6,8H2. The van der Waals surface area contributed by atoms with Crippen molar-refractivity contribution in [1.82, 2.24) is 4.57 Å². The van der Waals surface area contributed by atoms with Crippen LogP contribution in [-0.2, 0) is 37.9 Å². The van der Waals surface area contributed by atoms with Crippen LogP contribution >= 0.6 is 0 Å². The molecule has 1 aromatic heterocycles. The fraction of sp³-hybridized carbons (Fsp3) is 0.600. The number of esters is 1. The van der Waals surface area contributed by atoms with Crippen molar-refractivity contribution >= 4 is 5.97 Å². The van der Waals surface area contributed by atoms with Gasteiger partial charge < -0.3 is 18.8 Å². The number of carbonyl (C=O) groups is 1. The number of fused-ring (bicyclic) bond motifs is 3. The van der Waals surface area contributed by atoms with E-state index in [-0.39, 0.29) is 18.6 Å². The van der Waals surface area contributed by atoms with Crippen LogP contribution in [0.5, 0.6) is 0 Å². The number of cyclic esters (lactones) is 1. The summed E-state index contributed by atoms with van der Waals surface area (Å²) in [7, 11) is 0. The first-order chi connectivity index (χ1) is 10.7. The molecular formula is C15H16FNO5. The van der Waals surface area contributed by atoms with Gasteiger partial charge in [0.05, 0.1) is 37.1 Å². The zero-order valence-corrected chi connectivity index (χ0v) is 12.0. The molecule has 0 aromatic carbocycles. The number of pyridine rings is 1. The molecule has 7 heteroatoms. The maximum atomic E-state index is 12.8. The number of alkyl halides is 1. The van der Waals surface area contributed by atoms with E-state index in [0.29, 0.717) is 43.0 Å². The lowest BCUT2D eigenvalue weighted by atomic mass is 9.90. The minimum atomic E-state index is -0.893. The first-order valence-corrected chi connectivity index (χ1v) is 7.44. The van der Waals surface area contributed by atoms with Gasteiger partial charge in [-0.3, -0.25) is 14.0 Å². The molecule has 0 bridgehead atoms. The molecule has 4 heterocycles. The number of carbonyl (C=O) groups excluding carboxylic acids is 1. The zero-order valence-electron chi connectivity index (χ0n) is 12.0. The molecule has 4 rings (SSSR count). The predicted octanol–water partition coefficient (Wildman–Crippen LogP) is 0.952. The van der Waals surface area contributed by atoms with Crippen molar-refractivity contribution in [1.29, 1.82) is 0 Å². The fourth-order valence-electron chi connectivity index (χ4n) is 3.59. The Labute approximate surface area is 125 Å². The SMILES string of the molecule is O=C1OCc2c(cc3n(c2=O)CCC32OCCO2)C1CCF. The van der Waals surface area contributed by atoms with Crippen LogP contribution in [0.2, 0.25) is 0 Å². The van der Waals surface area contributed by atoms with Crippen molar-refractivity contribution < 1.29 is 23.4 Å². The topological polar surface area (TPSA) is 66.8 Å². The summed E-state index contributed by atoms with van der Waals surface area (Å²) in [6.07, 6.45) is 0.581. The maximum absolute atomic E-state index is 12.8. The summed E-state index contributed by atoms with van der Waals surface area (Å²) >= 11 is 0. The molecule has 3 aliphatic rings. The smallest absolute Gasteiger partial charge is 0.313 e. The Bertz CT molecular complexity index is 692. The zero-order chi connectivity index (χ0) is 15.3. The van der Waals surface area contributed by atoms with Crippen molar-refractivity contribution in [2.45, 2.75) is 37.7 Å². The molecule has 1 fully saturated rings. The molecule has 1 spiro atoms. The number of hydrogen-bond acceptors (Lipinski definition) is 5. The minimum absolute atomic E-state index is 0.0173. The molecule has 3 aliphatic heterocycles. The third kappa shape index (κ3) is 1.78. The number of halogens is 1. The molecule has 1 unspecified atom stereocenters. The van der Waals surface area contributed by atoms with E-state index in [1.54, 1.807) is 10.6 Å². The second kappa shape index (κ2) is 4.89. The number of ether oxygens (including phenoxy) is 3. The Morgan fingerprint density at radius 2 is 2.09 bits per heavy atom. The fourth-order valence-corrected chi connectivity index (χ4v) is 3.59. The van der Waals surface area contributed by atoms with Crippen LogP contribution in [0.4, 0.5) is 4.39 Å². The van der Waals surface area contributed by atoms with Crippen molar-refractivity contribution in [2.24, 2.45) is 0 Å². The van der Waals surface area contributed by atoms with Gasteiger partial charge in [-0.05, 0) is 18.1 Å². The van der Waals surface area contributed by atoms with Crippen LogP contribution in [0.25, 0.3) is 0 Å². The maximum Gasteiger partial charge on any atom is 0.313 e. The van der Waals surface area contributed by atoms with Gasteiger partial charge in [-0.1, -0.05) is 0 Å². The Morgan fingerprint density at radius 1 is 1.32 bits per heavy atom. The Balaban J connectivity index is 1.89. The average Bonchev–Trinajstić information content (AvgIpc) is 3.12. The van der Waals surface area contributed by atoms with Gasteiger partial charge in [0.1, 0.15) is 6.61 Å². The quantitative estimate of drug-likeness (QED) is 0.761. The molecule has 118 valence electrons. The molecular weight excluding hydrogens is 293 g/mol. The first kappa shape index (κ1) is 13.9. The van der Waals surface area contributed by atoms with Gasteiger partial charge in [0.15, 0.2) is 0 Å². The molecule has 0 N–H and O–H groups in total. The number of rotatable bonds is 2. The molecule has 0 aliphatic carbocycles. The summed E-state index contributed by atoms with van der Waals surface area (Å²) < 4.78 is 30.9. The highest BCUT2D eigenvalue weighted by molar-refractivity contribution is 5.80. The van der Waals surface area contributed by atoms with Crippen LogP contribution < -0.4 is 5.56 Å². The number of nitrogens with zero attached hydrogens (tertiary/aromatic N) is 1. The van der Waals surface area contributed by atoms with E-state index in [1.807, 2.05) is 0 Å². The van der Waals surface area contributed by atoms with E-state index in [4.69, 9.17) is 14.2 Å². The molecule has 0 saturated carbocycles. The van der Waals surface area contributed by atoms with Crippen LogP contribution in [-0.4, -0.2) is 30.4 Å². The Morgan fingerprint density at radius 3 is 2.82 bits per heavy atom. The molecule has 22 heavy (non-hydrogen) atoms. The summed E-state index contributed by atoms with van der Waals surface area (Å²) in [6.45, 7) is 0.756. The van der Waals surface area contributed by atoms with E-state index >= 15 is 0 Å². The molecule has 1 aromatic rings. The monoisotopic (exact) mass is 309 g/mol. The average molecular weight is 309 g/mol. The summed E-state index contributed by atoms with van der Waals surface area (Å²) in [5.74, 6) is -2.10. The van der Waals surface area contributed by atoms with Gasteiger partial charge in [0.25, 0.3) is 5.56 Å². The van der Waals surface area contributed by atoms with E-state index in [2.05, 4.69) is 0 Å². The lowest BCUT2D eigenvalue weighted by Gasteiger charge is -2.27. The highest BCUT2D eigenvalue weighted by Crippen LogP contribution is 2.41. The molecule has 0 radical (unpaired) electrons. The van der Waals surface area contributed by atoms with E-state index in [0.717, 1.165) is 0 Å². The van der Waals surface area contributed by atoms with Gasteiger partial charge in [0.2, 0.25) is 5.79 Å². The lowest BCUT2D eigenvalue weighted by Crippen LogP contribution is -2.35. The molecule has 0 amide bonds. The van der Waals surface area contributed by atoms with Crippen LogP contribution in [0.15, 0.2) is 10.9 Å². The molecule has 1 saturated heterocycles. The lowest BCUT2D eigenvalue weighted by molar-refractivity contribution is -0.163. The van der Waals surface area contributed by atoms with Gasteiger partial charge in [0, 0.05) is 13.0 Å².